The number of hydrogen-bond donors (Lipinski definition) is 0. The first-order valence-corrected chi connectivity index (χ1v) is 11.0. The number of oxazole rings is 1. The second kappa shape index (κ2) is 7.47. The summed E-state index contributed by atoms with van der Waals surface area (Å²) < 4.78 is 77.7. The number of hydrogen-bond acceptors (Lipinski definition) is 6. The van der Waals surface area contributed by atoms with Crippen LogP contribution in [0.3, 0.4) is 0 Å². The van der Waals surface area contributed by atoms with Crippen LogP contribution in [-0.4, -0.2) is 73.1 Å². The van der Waals surface area contributed by atoms with E-state index in [-0.39, 0.29) is 53.1 Å². The summed E-state index contributed by atoms with van der Waals surface area (Å²) in [5.74, 6) is -1.89. The van der Waals surface area contributed by atoms with E-state index in [0.29, 0.717) is 10.5 Å². The molecule has 2 aliphatic heterocycles. The predicted molar refractivity (Wildman–Crippen MR) is 104 cm³/mol. The van der Waals surface area contributed by atoms with Crippen molar-refractivity contribution >= 4 is 44.2 Å². The molecule has 1 aromatic carbocycles. The third kappa shape index (κ3) is 3.71. The summed E-state index contributed by atoms with van der Waals surface area (Å²) in [5.41, 5.74) is 0.629. The number of carbonyl (C=O) groups excluding carboxylic acids is 1. The standard InChI is InChI=1S/C18H17ClF3N3O5S/c1-9(2)16-23-11-4-3-10(19)15(14(11)30-16)31(27,28)24-7-12-13(8-24)29-6-5-25(12)17(26)18(20,21)22/h3-4,12-13H,1,5-8H2,2H3/t12-,13-/m1/s1. The highest BCUT2D eigenvalue weighted by Gasteiger charge is 2.52. The van der Waals surface area contributed by atoms with Gasteiger partial charge in [-0.25, -0.2) is 13.4 Å². The Labute approximate surface area is 180 Å². The van der Waals surface area contributed by atoms with E-state index >= 15 is 0 Å². The topological polar surface area (TPSA) is 93.0 Å². The third-order valence-electron chi connectivity index (χ3n) is 5.20. The minimum Gasteiger partial charge on any atom is -0.435 e. The molecule has 2 aromatic rings. The van der Waals surface area contributed by atoms with Crippen LogP contribution in [0.5, 0.6) is 0 Å². The molecule has 0 unspecified atom stereocenters. The lowest BCUT2D eigenvalue weighted by Crippen LogP contribution is -2.56. The van der Waals surface area contributed by atoms with Crippen molar-refractivity contribution in [2.45, 2.75) is 30.1 Å². The number of amides is 1. The molecule has 13 heteroatoms. The molecule has 0 aliphatic carbocycles. The van der Waals surface area contributed by atoms with Crippen molar-refractivity contribution in [1.29, 1.82) is 0 Å². The van der Waals surface area contributed by atoms with Gasteiger partial charge < -0.3 is 14.1 Å². The first-order valence-electron chi connectivity index (χ1n) is 9.15. The zero-order valence-electron chi connectivity index (χ0n) is 16.1. The lowest BCUT2D eigenvalue weighted by molar-refractivity contribution is -0.194. The Balaban J connectivity index is 1.72. The van der Waals surface area contributed by atoms with E-state index in [9.17, 15) is 26.4 Å². The maximum absolute atomic E-state index is 13.4. The zero-order chi connectivity index (χ0) is 22.7. The van der Waals surface area contributed by atoms with Gasteiger partial charge in [-0.1, -0.05) is 18.2 Å². The average Bonchev–Trinajstić information content (AvgIpc) is 3.30. The summed E-state index contributed by atoms with van der Waals surface area (Å²) in [6, 6.07) is 1.76. The molecule has 1 aromatic heterocycles. The van der Waals surface area contributed by atoms with Crippen LogP contribution in [0.2, 0.25) is 5.02 Å². The molecule has 2 atom stereocenters. The van der Waals surface area contributed by atoms with Gasteiger partial charge in [0.2, 0.25) is 15.9 Å². The van der Waals surface area contributed by atoms with Gasteiger partial charge in [0.1, 0.15) is 10.4 Å². The van der Waals surface area contributed by atoms with Crippen molar-refractivity contribution in [3.05, 3.63) is 29.6 Å². The molecule has 2 aliphatic rings. The number of halogens is 4. The summed E-state index contributed by atoms with van der Waals surface area (Å²) in [6.07, 6.45) is -5.96. The van der Waals surface area contributed by atoms with Gasteiger partial charge in [0.15, 0.2) is 5.58 Å². The number of nitrogens with zero attached hydrogens (tertiary/aromatic N) is 3. The molecule has 0 N–H and O–H groups in total. The van der Waals surface area contributed by atoms with E-state index in [1.807, 2.05) is 0 Å². The molecule has 31 heavy (non-hydrogen) atoms. The van der Waals surface area contributed by atoms with Gasteiger partial charge in [-0.2, -0.15) is 17.5 Å². The number of rotatable bonds is 3. The Bertz CT molecular complexity index is 1180. The van der Waals surface area contributed by atoms with Crippen molar-refractivity contribution in [3.8, 4) is 0 Å². The second-order valence-electron chi connectivity index (χ2n) is 7.32. The molecular weight excluding hydrogens is 463 g/mol. The molecule has 0 radical (unpaired) electrons. The maximum Gasteiger partial charge on any atom is 0.471 e. The van der Waals surface area contributed by atoms with Gasteiger partial charge >= 0.3 is 12.1 Å². The Hall–Kier alpha value is -2.15. The molecule has 0 saturated carbocycles. The average molecular weight is 480 g/mol. The fourth-order valence-electron chi connectivity index (χ4n) is 3.76. The van der Waals surface area contributed by atoms with Crippen molar-refractivity contribution in [1.82, 2.24) is 14.2 Å². The molecule has 1 amide bonds. The van der Waals surface area contributed by atoms with Gasteiger partial charge in [0.25, 0.3) is 0 Å². The highest BCUT2D eigenvalue weighted by atomic mass is 35.5. The van der Waals surface area contributed by atoms with Gasteiger partial charge in [0, 0.05) is 25.2 Å². The van der Waals surface area contributed by atoms with E-state index in [2.05, 4.69) is 11.6 Å². The molecule has 4 rings (SSSR count). The molecule has 168 valence electrons. The number of carbonyl (C=O) groups is 1. The molecule has 0 bridgehead atoms. The number of alkyl halides is 3. The molecule has 8 nitrogen and oxygen atoms in total. The van der Waals surface area contributed by atoms with E-state index in [0.717, 1.165) is 4.31 Å². The zero-order valence-corrected chi connectivity index (χ0v) is 17.7. The Kier molecular flexibility index (Phi) is 5.31. The highest BCUT2D eigenvalue weighted by molar-refractivity contribution is 7.89. The fourth-order valence-corrected chi connectivity index (χ4v) is 5.85. The van der Waals surface area contributed by atoms with Crippen LogP contribution in [0.15, 0.2) is 28.0 Å². The van der Waals surface area contributed by atoms with Crippen LogP contribution >= 0.6 is 11.6 Å². The number of benzene rings is 1. The summed E-state index contributed by atoms with van der Waals surface area (Å²) in [5, 5.41) is -0.129. The molecule has 2 saturated heterocycles. The number of ether oxygens (including phenoxy) is 1. The number of morpholine rings is 1. The van der Waals surface area contributed by atoms with Gasteiger partial charge in [0.05, 0.1) is 23.8 Å². The van der Waals surface area contributed by atoms with Crippen LogP contribution in [-0.2, 0) is 19.6 Å². The minimum atomic E-state index is -5.07. The van der Waals surface area contributed by atoms with Crippen LogP contribution in [0.4, 0.5) is 13.2 Å². The summed E-state index contributed by atoms with van der Waals surface area (Å²) in [4.78, 5) is 16.3. The second-order valence-corrected chi connectivity index (χ2v) is 9.60. The predicted octanol–water partition coefficient (Wildman–Crippen LogP) is 2.68. The maximum atomic E-state index is 13.4. The van der Waals surface area contributed by atoms with Gasteiger partial charge in [-0.15, -0.1) is 0 Å². The minimum absolute atomic E-state index is 0.0792. The fraction of sp³-hybridized carbons (Fsp3) is 0.444. The monoisotopic (exact) mass is 479 g/mol. The first kappa shape index (κ1) is 22.1. The van der Waals surface area contributed by atoms with Crippen LogP contribution < -0.4 is 0 Å². The largest absolute Gasteiger partial charge is 0.471 e. The van der Waals surface area contributed by atoms with Crippen molar-refractivity contribution in [3.63, 3.8) is 0 Å². The molecular formula is C18H17ClF3N3O5S. The number of fused-ring (bicyclic) bond motifs is 2. The molecule has 3 heterocycles. The summed E-state index contributed by atoms with van der Waals surface area (Å²) in [6.45, 7) is 4.33. The van der Waals surface area contributed by atoms with Gasteiger partial charge in [-0.05, 0) is 19.1 Å². The van der Waals surface area contributed by atoms with E-state index in [4.69, 9.17) is 20.8 Å². The number of aromatic nitrogens is 1. The van der Waals surface area contributed by atoms with Crippen LogP contribution in [0, 0.1) is 0 Å². The number of allylic oxidation sites excluding steroid dienone is 1. The third-order valence-corrected chi connectivity index (χ3v) is 7.52. The van der Waals surface area contributed by atoms with Crippen LogP contribution in [0.1, 0.15) is 12.8 Å². The van der Waals surface area contributed by atoms with Crippen molar-refractivity contribution < 1.29 is 35.5 Å². The van der Waals surface area contributed by atoms with E-state index in [1.54, 1.807) is 6.92 Å². The Morgan fingerprint density at radius 3 is 2.68 bits per heavy atom. The molecule has 0 spiro atoms. The first-order chi connectivity index (χ1) is 14.4. The van der Waals surface area contributed by atoms with Crippen molar-refractivity contribution in [2.24, 2.45) is 0 Å². The van der Waals surface area contributed by atoms with E-state index in [1.165, 1.54) is 12.1 Å². The lowest BCUT2D eigenvalue weighted by Gasteiger charge is -2.37. The van der Waals surface area contributed by atoms with Gasteiger partial charge in [-0.3, -0.25) is 4.79 Å². The van der Waals surface area contributed by atoms with Crippen molar-refractivity contribution in [2.75, 3.05) is 26.2 Å². The van der Waals surface area contributed by atoms with Crippen LogP contribution in [0.25, 0.3) is 16.7 Å². The van der Waals surface area contributed by atoms with E-state index < -0.39 is 34.3 Å². The SMILES string of the molecule is C=C(C)c1nc2ccc(Cl)c(S(=O)(=O)N3C[C@@H]4[C@@H](C3)OCCN4C(=O)C(F)(F)F)c2o1. The number of sulfonamides is 1. The lowest BCUT2D eigenvalue weighted by atomic mass is 10.1. The Morgan fingerprint density at radius 1 is 1.32 bits per heavy atom. The molecule has 2 fully saturated rings. The summed E-state index contributed by atoms with van der Waals surface area (Å²) >= 11 is 6.19. The normalized spacial score (nSPS) is 22.7. The summed E-state index contributed by atoms with van der Waals surface area (Å²) in [7, 11) is -4.31. The highest BCUT2D eigenvalue weighted by Crippen LogP contribution is 2.37. The Morgan fingerprint density at radius 2 is 2.03 bits per heavy atom. The quantitative estimate of drug-likeness (QED) is 0.672. The smallest absolute Gasteiger partial charge is 0.435 e.